The monoisotopic (exact) mass is 407 g/mol. The van der Waals surface area contributed by atoms with Crippen LogP contribution in [0, 0.1) is 11.2 Å². The summed E-state index contributed by atoms with van der Waals surface area (Å²) < 4.78 is 13.5. The number of amides is 1. The summed E-state index contributed by atoms with van der Waals surface area (Å²) in [4.78, 5) is 22.8. The van der Waals surface area contributed by atoms with Crippen molar-refractivity contribution in [1.82, 2.24) is 14.8 Å². The van der Waals surface area contributed by atoms with E-state index in [1.807, 2.05) is 18.2 Å². The number of carbonyl (C=O) groups excluding carboxylic acids is 1. The number of piperidine rings is 1. The van der Waals surface area contributed by atoms with Crippen LogP contribution in [-0.4, -0.2) is 52.4 Å². The van der Waals surface area contributed by atoms with E-state index < -0.39 is 0 Å². The second kappa shape index (κ2) is 7.45. The first-order valence-corrected chi connectivity index (χ1v) is 11.2. The summed E-state index contributed by atoms with van der Waals surface area (Å²) in [5.41, 5.74) is 2.54. The zero-order valence-electron chi connectivity index (χ0n) is 17.9. The highest BCUT2D eigenvalue weighted by Gasteiger charge is 2.58. The molecule has 2 aliphatic heterocycles. The van der Waals surface area contributed by atoms with E-state index in [4.69, 9.17) is 0 Å². The zero-order valence-corrected chi connectivity index (χ0v) is 17.9. The second-order valence-corrected chi connectivity index (χ2v) is 9.65. The van der Waals surface area contributed by atoms with Crippen molar-refractivity contribution >= 4 is 5.91 Å². The van der Waals surface area contributed by atoms with Crippen molar-refractivity contribution in [3.63, 3.8) is 0 Å². The van der Waals surface area contributed by atoms with Crippen molar-refractivity contribution in [3.8, 4) is 0 Å². The Kier molecular flexibility index (Phi) is 4.89. The molecule has 2 aromatic rings. The van der Waals surface area contributed by atoms with Crippen LogP contribution in [-0.2, 0) is 6.42 Å². The predicted molar refractivity (Wildman–Crippen MR) is 115 cm³/mol. The lowest BCUT2D eigenvalue weighted by atomic mass is 9.71. The zero-order chi connectivity index (χ0) is 20.9. The number of pyridine rings is 1. The highest BCUT2D eigenvalue weighted by molar-refractivity contribution is 5.94. The number of hydrogen-bond donors (Lipinski definition) is 0. The first-order chi connectivity index (χ1) is 14.5. The fourth-order valence-electron chi connectivity index (χ4n) is 6.42. The lowest BCUT2D eigenvalue weighted by Crippen LogP contribution is -2.55. The van der Waals surface area contributed by atoms with E-state index in [1.54, 1.807) is 12.3 Å². The molecule has 3 heterocycles. The molecular weight excluding hydrogens is 377 g/mol. The van der Waals surface area contributed by atoms with Gasteiger partial charge in [0.05, 0.1) is 0 Å². The number of benzene rings is 1. The number of carbonyl (C=O) groups is 1. The normalized spacial score (nSPS) is 30.9. The van der Waals surface area contributed by atoms with E-state index >= 15 is 0 Å². The van der Waals surface area contributed by atoms with E-state index in [1.165, 1.54) is 37.8 Å². The molecule has 3 aliphatic rings. The Bertz CT molecular complexity index is 963. The lowest BCUT2D eigenvalue weighted by molar-refractivity contribution is 0.0283. The molecule has 1 aliphatic carbocycles. The average molecular weight is 408 g/mol. The average Bonchev–Trinajstić information content (AvgIpc) is 2.83. The van der Waals surface area contributed by atoms with Gasteiger partial charge in [-0.15, -0.1) is 0 Å². The summed E-state index contributed by atoms with van der Waals surface area (Å²) in [6.45, 7) is 3.22. The van der Waals surface area contributed by atoms with Gasteiger partial charge in [0.25, 0.3) is 5.91 Å². The maximum atomic E-state index is 13.7. The van der Waals surface area contributed by atoms with Gasteiger partial charge in [-0.1, -0.05) is 31.9 Å². The number of aromatic nitrogens is 1. The van der Waals surface area contributed by atoms with Gasteiger partial charge < -0.3 is 4.90 Å². The minimum atomic E-state index is -0.246. The van der Waals surface area contributed by atoms with Gasteiger partial charge in [0.2, 0.25) is 0 Å². The van der Waals surface area contributed by atoms with E-state index in [0.717, 1.165) is 24.2 Å². The van der Waals surface area contributed by atoms with Gasteiger partial charge in [0, 0.05) is 54.0 Å². The standard InChI is InChI=1S/C25H30FN3O/c1-25-15-21-16-29(23(25)9-4-3-8-22(25)28(21)2)24(30)18-10-11-27-20(14-18)13-17-6-5-7-19(26)12-17/h5-7,10-12,14,21-23H,3-4,8-9,13,15-16H2,1-2H3/t21-,22-,23+,25-/m0/s1. The predicted octanol–water partition coefficient (Wildman–Crippen LogP) is 4.29. The molecule has 0 radical (unpaired) electrons. The van der Waals surface area contributed by atoms with Crippen LogP contribution in [0.2, 0.25) is 0 Å². The van der Waals surface area contributed by atoms with Gasteiger partial charge in [-0.05, 0) is 56.1 Å². The third kappa shape index (κ3) is 3.24. The van der Waals surface area contributed by atoms with Crippen molar-refractivity contribution in [2.24, 2.45) is 5.41 Å². The maximum absolute atomic E-state index is 13.7. The Hall–Kier alpha value is -2.27. The molecule has 1 saturated carbocycles. The molecule has 30 heavy (non-hydrogen) atoms. The van der Waals surface area contributed by atoms with E-state index in [9.17, 15) is 9.18 Å². The fraction of sp³-hybridized carbons (Fsp3) is 0.520. The van der Waals surface area contributed by atoms with E-state index in [0.29, 0.717) is 30.1 Å². The minimum absolute atomic E-state index is 0.120. The van der Waals surface area contributed by atoms with Gasteiger partial charge in [0.1, 0.15) is 5.82 Å². The molecule has 2 saturated heterocycles. The molecule has 1 aromatic heterocycles. The number of rotatable bonds is 3. The summed E-state index contributed by atoms with van der Waals surface area (Å²) in [6.07, 6.45) is 8.22. The van der Waals surface area contributed by atoms with Crippen molar-refractivity contribution in [3.05, 3.63) is 65.2 Å². The van der Waals surface area contributed by atoms with Crippen LogP contribution in [0.25, 0.3) is 0 Å². The number of likely N-dealkylation sites (tertiary alicyclic amines) is 2. The summed E-state index contributed by atoms with van der Waals surface area (Å²) in [5, 5.41) is 0. The van der Waals surface area contributed by atoms with Crippen LogP contribution in [0.15, 0.2) is 42.6 Å². The van der Waals surface area contributed by atoms with Crippen LogP contribution in [0.1, 0.15) is 60.6 Å². The smallest absolute Gasteiger partial charge is 0.254 e. The first kappa shape index (κ1) is 19.7. The Labute approximate surface area is 178 Å². The number of hydrogen-bond acceptors (Lipinski definition) is 3. The molecule has 0 unspecified atom stereocenters. The summed E-state index contributed by atoms with van der Waals surface area (Å²) in [6, 6.07) is 11.6. The van der Waals surface area contributed by atoms with Gasteiger partial charge in [-0.25, -0.2) is 4.39 Å². The number of halogens is 1. The molecular formula is C25H30FN3O. The van der Waals surface area contributed by atoms with E-state index in [-0.39, 0.29) is 17.1 Å². The quantitative estimate of drug-likeness (QED) is 0.762. The van der Waals surface area contributed by atoms with Crippen molar-refractivity contribution < 1.29 is 9.18 Å². The molecule has 4 atom stereocenters. The molecule has 3 fully saturated rings. The van der Waals surface area contributed by atoms with Crippen LogP contribution < -0.4 is 0 Å². The Morgan fingerprint density at radius 1 is 1.20 bits per heavy atom. The molecule has 2 bridgehead atoms. The Morgan fingerprint density at radius 3 is 2.80 bits per heavy atom. The molecule has 5 heteroatoms. The third-order valence-corrected chi connectivity index (χ3v) is 7.85. The molecule has 0 N–H and O–H groups in total. The summed E-state index contributed by atoms with van der Waals surface area (Å²) in [5.74, 6) is -0.126. The van der Waals surface area contributed by atoms with Crippen molar-refractivity contribution in [1.29, 1.82) is 0 Å². The molecule has 1 aromatic carbocycles. The highest BCUT2D eigenvalue weighted by atomic mass is 19.1. The molecule has 0 spiro atoms. The number of fused-ring (bicyclic) bond motifs is 1. The molecule has 158 valence electrons. The van der Waals surface area contributed by atoms with Crippen LogP contribution in [0.4, 0.5) is 4.39 Å². The van der Waals surface area contributed by atoms with Crippen molar-refractivity contribution in [2.75, 3.05) is 13.6 Å². The lowest BCUT2D eigenvalue weighted by Gasteiger charge is -2.46. The van der Waals surface area contributed by atoms with Crippen molar-refractivity contribution in [2.45, 2.75) is 63.6 Å². The largest absolute Gasteiger partial charge is 0.333 e. The van der Waals surface area contributed by atoms with Gasteiger partial charge >= 0.3 is 0 Å². The van der Waals surface area contributed by atoms with Crippen LogP contribution >= 0.6 is 0 Å². The number of likely N-dealkylation sites (N-methyl/N-ethyl adjacent to an activating group) is 1. The topological polar surface area (TPSA) is 36.4 Å². The van der Waals surface area contributed by atoms with Crippen LogP contribution in [0.3, 0.4) is 0 Å². The molecule has 4 nitrogen and oxygen atoms in total. The third-order valence-electron chi connectivity index (χ3n) is 7.85. The first-order valence-electron chi connectivity index (χ1n) is 11.2. The molecule has 5 rings (SSSR count). The van der Waals surface area contributed by atoms with E-state index in [2.05, 4.69) is 28.8 Å². The maximum Gasteiger partial charge on any atom is 0.254 e. The molecule has 1 amide bonds. The number of nitrogens with zero attached hydrogens (tertiary/aromatic N) is 3. The van der Waals surface area contributed by atoms with Gasteiger partial charge in [-0.3, -0.25) is 14.7 Å². The summed E-state index contributed by atoms with van der Waals surface area (Å²) >= 11 is 0. The second-order valence-electron chi connectivity index (χ2n) is 9.65. The summed E-state index contributed by atoms with van der Waals surface area (Å²) in [7, 11) is 2.25. The Balaban J connectivity index is 1.42. The van der Waals surface area contributed by atoms with Gasteiger partial charge in [-0.2, -0.15) is 0 Å². The van der Waals surface area contributed by atoms with Crippen LogP contribution in [0.5, 0.6) is 0 Å². The van der Waals surface area contributed by atoms with Gasteiger partial charge in [0.15, 0.2) is 0 Å². The fourth-order valence-corrected chi connectivity index (χ4v) is 6.42. The highest BCUT2D eigenvalue weighted by Crippen LogP contribution is 2.52. The Morgan fingerprint density at radius 2 is 2.00 bits per heavy atom. The SMILES string of the molecule is CN1[C@@H]2CN(C(=O)c3ccnc(Cc4cccc(F)c4)c3)[C@@H]3CCCC[C@H]1[C@]3(C)C2. The minimum Gasteiger partial charge on any atom is -0.333 e.